The minimum absolute atomic E-state index is 0.0324. The largest absolute Gasteiger partial charge is 0.493 e. The predicted octanol–water partition coefficient (Wildman–Crippen LogP) is 6.06. The number of anilines is 1. The maximum atomic E-state index is 12.5. The Balaban J connectivity index is 1.43. The Hall–Kier alpha value is -3.12. The number of rotatable bonds is 10. The molecule has 1 N–H and O–H groups in total. The van der Waals surface area contributed by atoms with Crippen LogP contribution in [0.5, 0.6) is 11.5 Å². The van der Waals surface area contributed by atoms with Gasteiger partial charge in [-0.25, -0.2) is 4.98 Å². The first-order valence-electron chi connectivity index (χ1n) is 12.3. The maximum Gasteiger partial charge on any atom is 0.224 e. The fourth-order valence-corrected chi connectivity index (χ4v) is 4.21. The summed E-state index contributed by atoms with van der Waals surface area (Å²) in [6, 6.07) is 15.6. The van der Waals surface area contributed by atoms with Crippen molar-refractivity contribution in [2.24, 2.45) is 5.92 Å². The summed E-state index contributed by atoms with van der Waals surface area (Å²) >= 11 is 0. The average Bonchev–Trinajstić information content (AvgIpc) is 2.85. The first-order valence-corrected chi connectivity index (χ1v) is 12.3. The number of unbranched alkanes of at least 4 members (excludes halogenated alkanes) is 1. The molecule has 180 valence electrons. The third-order valence-corrected chi connectivity index (χ3v) is 6.23. The smallest absolute Gasteiger partial charge is 0.224 e. The molecule has 1 aliphatic heterocycles. The Morgan fingerprint density at radius 2 is 1.94 bits per heavy atom. The Morgan fingerprint density at radius 3 is 2.76 bits per heavy atom. The van der Waals surface area contributed by atoms with E-state index >= 15 is 0 Å². The van der Waals surface area contributed by atoms with Gasteiger partial charge in [0, 0.05) is 42.3 Å². The van der Waals surface area contributed by atoms with E-state index in [-0.39, 0.29) is 5.91 Å². The number of hydrogen-bond acceptors (Lipinski definition) is 5. The monoisotopic (exact) mass is 462 g/mol. The van der Waals surface area contributed by atoms with E-state index in [9.17, 15) is 4.79 Å². The average molecular weight is 463 g/mol. The Bertz CT molecular complexity index is 1110. The predicted molar refractivity (Wildman–Crippen MR) is 134 cm³/mol. The van der Waals surface area contributed by atoms with E-state index in [0.29, 0.717) is 31.3 Å². The maximum absolute atomic E-state index is 12.5. The van der Waals surface area contributed by atoms with E-state index in [2.05, 4.69) is 12.2 Å². The van der Waals surface area contributed by atoms with Gasteiger partial charge >= 0.3 is 0 Å². The Kier molecular flexibility index (Phi) is 8.36. The van der Waals surface area contributed by atoms with Crippen LogP contribution in [0.3, 0.4) is 0 Å². The van der Waals surface area contributed by atoms with Crippen LogP contribution < -0.4 is 14.8 Å². The molecule has 1 aliphatic rings. The molecule has 0 radical (unpaired) electrons. The lowest BCUT2D eigenvalue weighted by molar-refractivity contribution is -0.117. The van der Waals surface area contributed by atoms with E-state index in [1.165, 1.54) is 0 Å². The second-order valence-corrected chi connectivity index (χ2v) is 8.86. The number of hydrogen-bond donors (Lipinski definition) is 1. The van der Waals surface area contributed by atoms with Crippen LogP contribution >= 0.6 is 0 Å². The van der Waals surface area contributed by atoms with Gasteiger partial charge in [-0.15, -0.1) is 0 Å². The number of nitrogens with one attached hydrogen (secondary N) is 1. The number of carbonyl (C=O) groups is 1. The normalized spacial score (nSPS) is 14.2. The van der Waals surface area contributed by atoms with Gasteiger partial charge in [0.05, 0.1) is 17.8 Å². The molecule has 1 saturated heterocycles. The summed E-state index contributed by atoms with van der Waals surface area (Å²) in [6.45, 7) is 6.68. The molecule has 6 nitrogen and oxygen atoms in total. The quantitative estimate of drug-likeness (QED) is 0.371. The number of fused-ring (bicyclic) bond motifs is 1. The summed E-state index contributed by atoms with van der Waals surface area (Å²) in [5.41, 5.74) is 3.48. The van der Waals surface area contributed by atoms with Crippen LogP contribution in [0, 0.1) is 12.8 Å². The molecule has 0 saturated carbocycles. The van der Waals surface area contributed by atoms with Gasteiger partial charge in [0.25, 0.3) is 0 Å². The second kappa shape index (κ2) is 11.8. The van der Waals surface area contributed by atoms with E-state index < -0.39 is 0 Å². The lowest BCUT2D eigenvalue weighted by atomic mass is 9.96. The van der Waals surface area contributed by atoms with Gasteiger partial charge in [-0.3, -0.25) is 4.79 Å². The van der Waals surface area contributed by atoms with Crippen LogP contribution in [0.1, 0.15) is 50.3 Å². The van der Waals surface area contributed by atoms with Crippen molar-refractivity contribution < 1.29 is 19.0 Å². The van der Waals surface area contributed by atoms with Gasteiger partial charge in [-0.2, -0.15) is 0 Å². The second-order valence-electron chi connectivity index (χ2n) is 8.86. The molecule has 0 spiro atoms. The van der Waals surface area contributed by atoms with Crippen molar-refractivity contribution >= 4 is 22.5 Å². The molecular formula is C28H34N2O4. The zero-order valence-electron chi connectivity index (χ0n) is 20.1. The lowest BCUT2D eigenvalue weighted by Gasteiger charge is -2.21. The third-order valence-electron chi connectivity index (χ3n) is 6.23. The topological polar surface area (TPSA) is 69.7 Å². The van der Waals surface area contributed by atoms with Crippen LogP contribution in [-0.4, -0.2) is 30.7 Å². The van der Waals surface area contributed by atoms with Crippen molar-refractivity contribution in [3.05, 3.63) is 59.8 Å². The molecule has 0 atom stereocenters. The van der Waals surface area contributed by atoms with Crippen LogP contribution in [0.15, 0.2) is 48.5 Å². The van der Waals surface area contributed by atoms with Crippen molar-refractivity contribution in [1.82, 2.24) is 4.98 Å². The zero-order chi connectivity index (χ0) is 23.8. The minimum Gasteiger partial charge on any atom is -0.493 e. The highest BCUT2D eigenvalue weighted by Crippen LogP contribution is 2.31. The highest BCUT2D eigenvalue weighted by molar-refractivity contribution is 5.91. The summed E-state index contributed by atoms with van der Waals surface area (Å²) in [5, 5.41) is 4.03. The molecule has 6 heteroatoms. The fraction of sp³-hybridized carbons (Fsp3) is 0.429. The number of benzene rings is 2. The summed E-state index contributed by atoms with van der Waals surface area (Å²) in [7, 11) is 0. The molecule has 0 aliphatic carbocycles. The molecule has 2 aromatic carbocycles. The first-order chi connectivity index (χ1) is 16.6. The minimum atomic E-state index is 0.0324. The summed E-state index contributed by atoms with van der Waals surface area (Å²) in [4.78, 5) is 17.3. The highest BCUT2D eigenvalue weighted by Gasteiger charge is 2.18. The van der Waals surface area contributed by atoms with Gasteiger partial charge in [0.15, 0.2) is 0 Å². The molecular weight excluding hydrogens is 428 g/mol. The molecule has 2 heterocycles. The lowest BCUT2D eigenvalue weighted by Crippen LogP contribution is -2.22. The molecule has 3 aromatic rings. The molecule has 0 bridgehead atoms. The summed E-state index contributed by atoms with van der Waals surface area (Å²) in [6.07, 6.45) is 4.50. The van der Waals surface area contributed by atoms with E-state index in [1.54, 1.807) is 0 Å². The number of para-hydroxylation sites is 1. The molecule has 1 amide bonds. The number of pyridine rings is 1. The van der Waals surface area contributed by atoms with Crippen LogP contribution in [0.4, 0.5) is 5.69 Å². The zero-order valence-corrected chi connectivity index (χ0v) is 20.1. The number of ether oxygens (including phenoxy) is 3. The third kappa shape index (κ3) is 6.26. The molecule has 1 fully saturated rings. The molecule has 4 rings (SSSR count). The number of amides is 1. The Labute approximate surface area is 201 Å². The molecule has 0 unspecified atom stereocenters. The SMILES string of the molecule is CCCCOc1c(C)c(COc2cccc(NC(=O)CC3CCOCC3)c2)nc2ccccc12. The van der Waals surface area contributed by atoms with E-state index in [1.807, 2.05) is 55.5 Å². The van der Waals surface area contributed by atoms with E-state index in [0.717, 1.165) is 72.5 Å². The number of carbonyl (C=O) groups excluding carboxylic acids is 1. The summed E-state index contributed by atoms with van der Waals surface area (Å²) in [5.74, 6) is 1.99. The van der Waals surface area contributed by atoms with Crippen molar-refractivity contribution in [1.29, 1.82) is 0 Å². The standard InChI is InChI=1S/C28H34N2O4/c1-3-4-14-33-28-20(2)26(30-25-11-6-5-10-24(25)28)19-34-23-9-7-8-22(18-23)29-27(31)17-21-12-15-32-16-13-21/h5-11,18,21H,3-4,12-17,19H2,1-2H3,(H,29,31). The van der Waals surface area contributed by atoms with E-state index in [4.69, 9.17) is 19.2 Å². The van der Waals surface area contributed by atoms with Gasteiger partial charge in [0.2, 0.25) is 5.91 Å². The molecule has 1 aromatic heterocycles. The number of aromatic nitrogens is 1. The van der Waals surface area contributed by atoms with Crippen molar-refractivity contribution in [2.75, 3.05) is 25.1 Å². The Morgan fingerprint density at radius 1 is 1.12 bits per heavy atom. The first kappa shape index (κ1) is 24.0. The van der Waals surface area contributed by atoms with Gasteiger partial charge in [-0.1, -0.05) is 31.5 Å². The van der Waals surface area contributed by atoms with Gasteiger partial charge in [-0.05, 0) is 56.4 Å². The number of nitrogens with zero attached hydrogens (tertiary/aromatic N) is 1. The summed E-state index contributed by atoms with van der Waals surface area (Å²) < 4.78 is 17.6. The van der Waals surface area contributed by atoms with Crippen molar-refractivity contribution in [3.63, 3.8) is 0 Å². The van der Waals surface area contributed by atoms with Gasteiger partial charge in [0.1, 0.15) is 18.1 Å². The highest BCUT2D eigenvalue weighted by atomic mass is 16.5. The van der Waals surface area contributed by atoms with Crippen molar-refractivity contribution in [2.45, 2.75) is 52.6 Å². The van der Waals surface area contributed by atoms with Crippen LogP contribution in [-0.2, 0) is 16.1 Å². The van der Waals surface area contributed by atoms with Gasteiger partial charge < -0.3 is 19.5 Å². The van der Waals surface area contributed by atoms with Crippen LogP contribution in [0.25, 0.3) is 10.9 Å². The van der Waals surface area contributed by atoms with Crippen LogP contribution in [0.2, 0.25) is 0 Å². The fourth-order valence-electron chi connectivity index (χ4n) is 4.21. The van der Waals surface area contributed by atoms with Crippen molar-refractivity contribution in [3.8, 4) is 11.5 Å². The molecule has 34 heavy (non-hydrogen) atoms.